The lowest BCUT2D eigenvalue weighted by Gasteiger charge is -2.19. The summed E-state index contributed by atoms with van der Waals surface area (Å²) in [6.45, 7) is -0.224. The predicted molar refractivity (Wildman–Crippen MR) is 67.4 cm³/mol. The number of anilines is 1. The van der Waals surface area contributed by atoms with Gasteiger partial charge < -0.3 is 15.2 Å². The summed E-state index contributed by atoms with van der Waals surface area (Å²) >= 11 is 0. The third-order valence-corrected chi connectivity index (χ3v) is 2.91. The summed E-state index contributed by atoms with van der Waals surface area (Å²) in [5.41, 5.74) is 1.21. The highest BCUT2D eigenvalue weighted by atomic mass is 19.1. The molecule has 1 aliphatic rings. The largest absolute Gasteiger partial charge is 0.478 e. The Morgan fingerprint density at radius 3 is 2.90 bits per heavy atom. The number of amides is 1. The van der Waals surface area contributed by atoms with Gasteiger partial charge in [-0.1, -0.05) is 0 Å². The summed E-state index contributed by atoms with van der Waals surface area (Å²) in [5, 5.41) is 11.4. The van der Waals surface area contributed by atoms with E-state index in [0.29, 0.717) is 11.1 Å². The lowest BCUT2D eigenvalue weighted by Crippen LogP contribution is -2.26. The van der Waals surface area contributed by atoms with Crippen LogP contribution in [0.4, 0.5) is 14.9 Å². The molecule has 102 valence electrons. The van der Waals surface area contributed by atoms with Crippen LogP contribution in [0, 0.1) is 5.82 Å². The molecule has 0 aliphatic carbocycles. The molecule has 2 N–H and O–H groups in total. The summed E-state index contributed by atoms with van der Waals surface area (Å²) in [6.07, 6.45) is 1.57. The number of fused-ring (bicyclic) bond motifs is 1. The van der Waals surface area contributed by atoms with Gasteiger partial charge in [-0.25, -0.2) is 9.18 Å². The molecule has 0 fully saturated rings. The lowest BCUT2D eigenvalue weighted by atomic mass is 10.1. The summed E-state index contributed by atoms with van der Waals surface area (Å²) in [7, 11) is 0. The van der Waals surface area contributed by atoms with Crippen molar-refractivity contribution in [2.24, 2.45) is 0 Å². The van der Waals surface area contributed by atoms with Crippen LogP contribution in [-0.2, 0) is 4.79 Å². The number of carbonyl (C=O) groups is 2. The standard InChI is InChI=1S/C13H9FN2O4/c14-9-3-8(7-1-2-16(5-7)13(18)19)4-10-12(9)20-6-11(17)15-10/h1-5H,6H2,(H,15,17)(H,18,19). The number of ether oxygens (including phenoxy) is 1. The first-order valence-corrected chi connectivity index (χ1v) is 5.72. The van der Waals surface area contributed by atoms with Crippen molar-refractivity contribution in [3.8, 4) is 16.9 Å². The van der Waals surface area contributed by atoms with E-state index in [4.69, 9.17) is 9.84 Å². The molecule has 0 saturated heterocycles. The number of hydrogen-bond acceptors (Lipinski definition) is 3. The number of rotatable bonds is 1. The SMILES string of the molecule is O=C1COc2c(F)cc(-c3ccn(C(=O)O)c3)cc2N1. The van der Waals surface area contributed by atoms with Crippen molar-refractivity contribution in [2.45, 2.75) is 0 Å². The van der Waals surface area contributed by atoms with Crippen LogP contribution in [0.1, 0.15) is 0 Å². The van der Waals surface area contributed by atoms with Gasteiger partial charge in [0.1, 0.15) is 0 Å². The highest BCUT2D eigenvalue weighted by molar-refractivity contribution is 5.96. The molecule has 0 radical (unpaired) electrons. The smallest absolute Gasteiger partial charge is 0.415 e. The maximum atomic E-state index is 13.9. The second-order valence-electron chi connectivity index (χ2n) is 4.26. The molecule has 20 heavy (non-hydrogen) atoms. The molecule has 6 nitrogen and oxygen atoms in total. The minimum absolute atomic E-state index is 0.00832. The average molecular weight is 276 g/mol. The zero-order chi connectivity index (χ0) is 14.3. The summed E-state index contributed by atoms with van der Waals surface area (Å²) < 4.78 is 19.9. The van der Waals surface area contributed by atoms with E-state index < -0.39 is 11.9 Å². The number of nitrogens with zero attached hydrogens (tertiary/aromatic N) is 1. The van der Waals surface area contributed by atoms with Crippen LogP contribution in [0.5, 0.6) is 5.75 Å². The van der Waals surface area contributed by atoms with Crippen molar-refractivity contribution in [1.29, 1.82) is 0 Å². The van der Waals surface area contributed by atoms with E-state index in [-0.39, 0.29) is 24.0 Å². The summed E-state index contributed by atoms with van der Waals surface area (Å²) in [5.74, 6) is -0.983. The van der Waals surface area contributed by atoms with Crippen LogP contribution in [0.25, 0.3) is 11.1 Å². The first kappa shape index (κ1) is 12.2. The topological polar surface area (TPSA) is 80.6 Å². The monoisotopic (exact) mass is 276 g/mol. The van der Waals surface area contributed by atoms with Crippen molar-refractivity contribution in [1.82, 2.24) is 4.57 Å². The fourth-order valence-electron chi connectivity index (χ4n) is 2.01. The molecule has 1 amide bonds. The molecule has 2 heterocycles. The zero-order valence-electron chi connectivity index (χ0n) is 10.1. The quantitative estimate of drug-likeness (QED) is 0.836. The molecule has 2 aromatic rings. The molecule has 0 saturated carbocycles. The van der Waals surface area contributed by atoms with E-state index in [2.05, 4.69) is 5.32 Å². The van der Waals surface area contributed by atoms with Crippen molar-refractivity contribution >= 4 is 17.7 Å². The Kier molecular flexibility index (Phi) is 2.67. The molecular formula is C13H9FN2O4. The molecular weight excluding hydrogens is 267 g/mol. The van der Waals surface area contributed by atoms with E-state index in [1.54, 1.807) is 6.07 Å². The summed E-state index contributed by atoms with van der Waals surface area (Å²) in [6, 6.07) is 4.32. The Bertz CT molecular complexity index is 723. The van der Waals surface area contributed by atoms with Gasteiger partial charge in [0.05, 0.1) is 5.69 Å². The minimum atomic E-state index is -1.13. The molecule has 0 atom stereocenters. The Labute approximate surface area is 112 Å². The molecule has 1 aliphatic heterocycles. The number of carbonyl (C=O) groups excluding carboxylic acids is 1. The maximum absolute atomic E-state index is 13.9. The van der Waals surface area contributed by atoms with Crippen molar-refractivity contribution < 1.29 is 23.8 Å². The van der Waals surface area contributed by atoms with E-state index in [9.17, 15) is 14.0 Å². The third-order valence-electron chi connectivity index (χ3n) is 2.91. The molecule has 0 spiro atoms. The van der Waals surface area contributed by atoms with Crippen molar-refractivity contribution in [3.63, 3.8) is 0 Å². The average Bonchev–Trinajstić information content (AvgIpc) is 2.87. The molecule has 7 heteroatoms. The highest BCUT2D eigenvalue weighted by Crippen LogP contribution is 2.35. The second-order valence-corrected chi connectivity index (χ2v) is 4.26. The fraction of sp³-hybridized carbons (Fsp3) is 0.0769. The van der Waals surface area contributed by atoms with Crippen LogP contribution in [-0.4, -0.2) is 28.3 Å². The third kappa shape index (κ3) is 1.99. The van der Waals surface area contributed by atoms with Gasteiger partial charge in [0.25, 0.3) is 5.91 Å². The lowest BCUT2D eigenvalue weighted by molar-refractivity contribution is -0.118. The number of nitrogens with one attached hydrogen (secondary N) is 1. The Balaban J connectivity index is 2.06. The highest BCUT2D eigenvalue weighted by Gasteiger charge is 2.21. The van der Waals surface area contributed by atoms with Gasteiger partial charge >= 0.3 is 6.09 Å². The van der Waals surface area contributed by atoms with E-state index >= 15 is 0 Å². The van der Waals surface area contributed by atoms with Crippen LogP contribution in [0.2, 0.25) is 0 Å². The van der Waals surface area contributed by atoms with E-state index in [1.165, 1.54) is 24.5 Å². The number of aromatic nitrogens is 1. The zero-order valence-corrected chi connectivity index (χ0v) is 10.1. The van der Waals surface area contributed by atoms with E-state index in [1.807, 2.05) is 0 Å². The first-order valence-electron chi connectivity index (χ1n) is 5.72. The van der Waals surface area contributed by atoms with Crippen LogP contribution in [0.15, 0.2) is 30.6 Å². The van der Waals surface area contributed by atoms with Gasteiger partial charge in [0.15, 0.2) is 18.2 Å². The molecule has 3 rings (SSSR count). The van der Waals surface area contributed by atoms with Crippen molar-refractivity contribution in [3.05, 3.63) is 36.4 Å². The van der Waals surface area contributed by atoms with Crippen LogP contribution < -0.4 is 10.1 Å². The molecule has 0 bridgehead atoms. The van der Waals surface area contributed by atoms with Crippen LogP contribution in [0.3, 0.4) is 0 Å². The molecule has 1 aromatic heterocycles. The number of carboxylic acid groups (broad SMARTS) is 1. The minimum Gasteiger partial charge on any atom is -0.478 e. The maximum Gasteiger partial charge on any atom is 0.415 e. The first-order chi connectivity index (χ1) is 9.54. The van der Waals surface area contributed by atoms with Gasteiger partial charge in [-0.3, -0.25) is 9.36 Å². The van der Waals surface area contributed by atoms with Gasteiger partial charge in [0, 0.05) is 18.0 Å². The van der Waals surface area contributed by atoms with Gasteiger partial charge in [0.2, 0.25) is 0 Å². The number of hydrogen-bond donors (Lipinski definition) is 2. The normalized spacial score (nSPS) is 13.3. The Hall–Kier alpha value is -2.83. The summed E-state index contributed by atoms with van der Waals surface area (Å²) in [4.78, 5) is 22.0. The Morgan fingerprint density at radius 1 is 1.40 bits per heavy atom. The molecule has 0 unspecified atom stereocenters. The number of benzene rings is 1. The van der Waals surface area contributed by atoms with E-state index in [0.717, 1.165) is 4.57 Å². The van der Waals surface area contributed by atoms with Gasteiger partial charge in [-0.2, -0.15) is 0 Å². The van der Waals surface area contributed by atoms with Gasteiger partial charge in [-0.05, 0) is 23.8 Å². The Morgan fingerprint density at radius 2 is 2.20 bits per heavy atom. The van der Waals surface area contributed by atoms with Crippen molar-refractivity contribution in [2.75, 3.05) is 11.9 Å². The number of halogens is 1. The predicted octanol–water partition coefficient (Wildman–Crippen LogP) is 2.15. The second kappa shape index (κ2) is 4.37. The van der Waals surface area contributed by atoms with Crippen LogP contribution >= 0.6 is 0 Å². The van der Waals surface area contributed by atoms with Gasteiger partial charge in [-0.15, -0.1) is 0 Å². The molecule has 1 aromatic carbocycles. The fourth-order valence-corrected chi connectivity index (χ4v) is 2.01.